The van der Waals surface area contributed by atoms with E-state index in [9.17, 15) is 27.6 Å². The molecule has 8 nitrogen and oxygen atoms in total. The van der Waals surface area contributed by atoms with Gasteiger partial charge in [0.05, 0.1) is 23.2 Å². The molecule has 4 aromatic rings. The molecule has 3 aromatic carbocycles. The lowest BCUT2D eigenvalue weighted by atomic mass is 10.1. The summed E-state index contributed by atoms with van der Waals surface area (Å²) in [4.78, 5) is 36.8. The second kappa shape index (κ2) is 10.3. The van der Waals surface area contributed by atoms with Gasteiger partial charge in [-0.15, -0.1) is 0 Å². The second-order valence-corrected chi connectivity index (χ2v) is 7.65. The summed E-state index contributed by atoms with van der Waals surface area (Å²) in [6.07, 6.45) is -1.28. The van der Waals surface area contributed by atoms with Crippen LogP contribution in [0.2, 0.25) is 0 Å². The van der Waals surface area contributed by atoms with Gasteiger partial charge in [0, 0.05) is 5.56 Å². The zero-order valence-electron chi connectivity index (χ0n) is 18.7. The van der Waals surface area contributed by atoms with Gasteiger partial charge in [-0.3, -0.25) is 9.59 Å². The standard InChI is InChI=1S/C25H18F3N3O5/c1-13(24(33)29-12-20(32)30-19-10-8-17(26)21(27)22(19)28)35-25(34)15-7-9-18-16(11-15)23(36-31-18)14-5-3-2-4-6-14/h2-11,13H,12H2,1H3,(H,29,33)(H,30,32). The molecule has 0 bridgehead atoms. The van der Waals surface area contributed by atoms with Crippen LogP contribution in [0.4, 0.5) is 18.9 Å². The average Bonchev–Trinajstić information content (AvgIpc) is 3.31. The first-order valence-electron chi connectivity index (χ1n) is 10.6. The molecule has 2 amide bonds. The van der Waals surface area contributed by atoms with Gasteiger partial charge in [0.1, 0.15) is 5.52 Å². The fourth-order valence-electron chi connectivity index (χ4n) is 3.28. The van der Waals surface area contributed by atoms with Crippen molar-refractivity contribution in [1.29, 1.82) is 0 Å². The van der Waals surface area contributed by atoms with Crippen LogP contribution in [0.15, 0.2) is 65.2 Å². The van der Waals surface area contributed by atoms with Crippen molar-refractivity contribution >= 4 is 34.4 Å². The molecule has 4 rings (SSSR count). The van der Waals surface area contributed by atoms with Crippen molar-refractivity contribution in [3.05, 3.63) is 83.7 Å². The first-order chi connectivity index (χ1) is 17.2. The highest BCUT2D eigenvalue weighted by molar-refractivity contribution is 6.00. The number of fused-ring (bicyclic) bond motifs is 1. The number of nitrogens with zero attached hydrogens (tertiary/aromatic N) is 1. The molecular weight excluding hydrogens is 479 g/mol. The highest BCUT2D eigenvalue weighted by atomic mass is 19.2. The van der Waals surface area contributed by atoms with E-state index in [4.69, 9.17) is 9.26 Å². The second-order valence-electron chi connectivity index (χ2n) is 7.65. The van der Waals surface area contributed by atoms with E-state index in [1.54, 1.807) is 6.07 Å². The molecule has 1 atom stereocenters. The molecule has 0 saturated heterocycles. The number of ether oxygens (including phenoxy) is 1. The van der Waals surface area contributed by atoms with E-state index < -0.39 is 53.6 Å². The van der Waals surface area contributed by atoms with Crippen molar-refractivity contribution in [1.82, 2.24) is 10.5 Å². The van der Waals surface area contributed by atoms with Gasteiger partial charge in [-0.2, -0.15) is 0 Å². The lowest BCUT2D eigenvalue weighted by Crippen LogP contribution is -2.40. The van der Waals surface area contributed by atoms with E-state index in [0.717, 1.165) is 11.6 Å². The van der Waals surface area contributed by atoms with Crippen LogP contribution < -0.4 is 10.6 Å². The van der Waals surface area contributed by atoms with Crippen molar-refractivity contribution in [3.63, 3.8) is 0 Å². The van der Waals surface area contributed by atoms with E-state index in [-0.39, 0.29) is 5.56 Å². The number of hydrogen-bond donors (Lipinski definition) is 2. The Labute approximate surface area is 202 Å². The molecule has 184 valence electrons. The third kappa shape index (κ3) is 5.19. The number of amides is 2. The van der Waals surface area contributed by atoms with Gasteiger partial charge in [0.15, 0.2) is 29.3 Å². The topological polar surface area (TPSA) is 111 Å². The Kier molecular flexibility index (Phi) is 7.00. The van der Waals surface area contributed by atoms with Gasteiger partial charge < -0.3 is 19.9 Å². The summed E-state index contributed by atoms with van der Waals surface area (Å²) in [5.74, 6) is -6.76. The SMILES string of the molecule is CC(OC(=O)c1ccc2noc(-c3ccccc3)c2c1)C(=O)NCC(=O)Nc1ccc(F)c(F)c1F. The maximum absolute atomic E-state index is 13.7. The maximum Gasteiger partial charge on any atom is 0.338 e. The summed E-state index contributed by atoms with van der Waals surface area (Å²) in [7, 11) is 0. The highest BCUT2D eigenvalue weighted by Crippen LogP contribution is 2.29. The van der Waals surface area contributed by atoms with Crippen LogP contribution in [0.5, 0.6) is 0 Å². The predicted molar refractivity (Wildman–Crippen MR) is 122 cm³/mol. The third-order valence-corrected chi connectivity index (χ3v) is 5.13. The summed E-state index contributed by atoms with van der Waals surface area (Å²) in [5, 5.41) is 8.79. The minimum absolute atomic E-state index is 0.147. The number of aromatic nitrogens is 1. The molecule has 0 aliphatic carbocycles. The molecule has 2 N–H and O–H groups in total. The Hall–Kier alpha value is -4.67. The Balaban J connectivity index is 1.36. The molecule has 0 spiro atoms. The highest BCUT2D eigenvalue weighted by Gasteiger charge is 2.22. The molecule has 11 heteroatoms. The van der Waals surface area contributed by atoms with Gasteiger partial charge in [0.25, 0.3) is 5.91 Å². The van der Waals surface area contributed by atoms with Crippen molar-refractivity contribution in [3.8, 4) is 11.3 Å². The number of hydrogen-bond acceptors (Lipinski definition) is 6. The molecule has 1 heterocycles. The van der Waals surface area contributed by atoms with Gasteiger partial charge in [-0.25, -0.2) is 18.0 Å². The molecule has 36 heavy (non-hydrogen) atoms. The normalized spacial score (nSPS) is 11.7. The van der Waals surface area contributed by atoms with Gasteiger partial charge in [-0.05, 0) is 37.3 Å². The quantitative estimate of drug-likeness (QED) is 0.292. The molecular formula is C25H18F3N3O5. The van der Waals surface area contributed by atoms with Gasteiger partial charge >= 0.3 is 5.97 Å². The predicted octanol–water partition coefficient (Wildman–Crippen LogP) is 4.21. The van der Waals surface area contributed by atoms with Crippen molar-refractivity contribution in [2.45, 2.75) is 13.0 Å². The molecule has 0 radical (unpaired) electrons. The average molecular weight is 497 g/mol. The summed E-state index contributed by atoms with van der Waals surface area (Å²) >= 11 is 0. The minimum Gasteiger partial charge on any atom is -0.449 e. The molecule has 1 unspecified atom stereocenters. The van der Waals surface area contributed by atoms with Crippen LogP contribution in [-0.4, -0.2) is 35.6 Å². The van der Waals surface area contributed by atoms with Crippen LogP contribution in [0, 0.1) is 17.5 Å². The van der Waals surface area contributed by atoms with E-state index in [2.05, 4.69) is 10.5 Å². The molecule has 0 fully saturated rings. The molecule has 1 aromatic heterocycles. The first-order valence-corrected chi connectivity index (χ1v) is 10.6. The number of esters is 1. The molecule has 0 aliphatic rings. The molecule has 0 saturated carbocycles. The van der Waals surface area contributed by atoms with Crippen molar-refractivity contribution < 1.29 is 36.8 Å². The Morgan fingerprint density at radius 3 is 2.50 bits per heavy atom. The Bertz CT molecular complexity index is 1460. The van der Waals surface area contributed by atoms with Crippen molar-refractivity contribution in [2.75, 3.05) is 11.9 Å². The number of halogens is 3. The van der Waals surface area contributed by atoms with Gasteiger partial charge in [0.2, 0.25) is 5.91 Å². The number of nitrogens with one attached hydrogen (secondary N) is 2. The fourth-order valence-corrected chi connectivity index (χ4v) is 3.28. The number of carbonyl (C=O) groups is 3. The monoisotopic (exact) mass is 497 g/mol. The van der Waals surface area contributed by atoms with E-state index >= 15 is 0 Å². The van der Waals surface area contributed by atoms with Crippen LogP contribution in [0.1, 0.15) is 17.3 Å². The van der Waals surface area contributed by atoms with E-state index in [0.29, 0.717) is 22.7 Å². The summed E-state index contributed by atoms with van der Waals surface area (Å²) in [5.41, 5.74) is 0.847. The number of rotatable bonds is 7. The zero-order chi connectivity index (χ0) is 25.8. The smallest absolute Gasteiger partial charge is 0.338 e. The third-order valence-electron chi connectivity index (χ3n) is 5.13. The largest absolute Gasteiger partial charge is 0.449 e. The lowest BCUT2D eigenvalue weighted by Gasteiger charge is -2.14. The first kappa shape index (κ1) is 24.5. The number of benzene rings is 3. The van der Waals surface area contributed by atoms with Crippen molar-refractivity contribution in [2.24, 2.45) is 0 Å². The number of anilines is 1. The van der Waals surface area contributed by atoms with E-state index in [1.165, 1.54) is 19.1 Å². The van der Waals surface area contributed by atoms with Crippen LogP contribution in [0.3, 0.4) is 0 Å². The lowest BCUT2D eigenvalue weighted by molar-refractivity contribution is -0.130. The molecule has 0 aliphatic heterocycles. The Morgan fingerprint density at radius 2 is 1.75 bits per heavy atom. The van der Waals surface area contributed by atoms with E-state index in [1.807, 2.05) is 35.6 Å². The summed E-state index contributed by atoms with van der Waals surface area (Å²) in [6, 6.07) is 15.2. The van der Waals surface area contributed by atoms with Crippen LogP contribution >= 0.6 is 0 Å². The zero-order valence-corrected chi connectivity index (χ0v) is 18.7. The van der Waals surface area contributed by atoms with Gasteiger partial charge in [-0.1, -0.05) is 35.5 Å². The number of carbonyl (C=O) groups excluding carboxylic acids is 3. The maximum atomic E-state index is 13.7. The summed E-state index contributed by atoms with van der Waals surface area (Å²) < 4.78 is 50.5. The Morgan fingerprint density at radius 1 is 1.00 bits per heavy atom. The summed E-state index contributed by atoms with van der Waals surface area (Å²) in [6.45, 7) is 0.666. The fraction of sp³-hybridized carbons (Fsp3) is 0.120. The minimum atomic E-state index is -1.74. The van der Waals surface area contributed by atoms with Crippen LogP contribution in [-0.2, 0) is 14.3 Å². The van der Waals surface area contributed by atoms with Crippen LogP contribution in [0.25, 0.3) is 22.2 Å².